The van der Waals surface area contributed by atoms with Crippen molar-refractivity contribution >= 4 is 22.9 Å². The molecule has 2 N–H and O–H groups in total. The molecule has 2 heterocycles. The molecule has 0 aliphatic carbocycles. The fraction of sp³-hybridized carbons (Fsp3) is 0.421. The van der Waals surface area contributed by atoms with Crippen LogP contribution in [0, 0.1) is 16.0 Å². The highest BCUT2D eigenvalue weighted by Crippen LogP contribution is 2.35. The summed E-state index contributed by atoms with van der Waals surface area (Å²) < 4.78 is 0. The van der Waals surface area contributed by atoms with E-state index in [1.165, 1.54) is 10.9 Å². The lowest BCUT2D eigenvalue weighted by Gasteiger charge is -2.35. The number of thiophene rings is 1. The molecule has 0 radical (unpaired) electrons. The SMILES string of the molecule is CC(CN)C(=O)N1CCN(Cc2ccc(-c3ccccc3[N+](=O)[O-])s2)CC1. The Morgan fingerprint density at radius 1 is 1.22 bits per heavy atom. The van der Waals surface area contributed by atoms with Gasteiger partial charge in [-0.1, -0.05) is 19.1 Å². The lowest BCUT2D eigenvalue weighted by atomic mass is 10.1. The van der Waals surface area contributed by atoms with Crippen molar-refractivity contribution in [2.75, 3.05) is 32.7 Å². The summed E-state index contributed by atoms with van der Waals surface area (Å²) in [5, 5.41) is 11.2. The van der Waals surface area contributed by atoms with Crippen LogP contribution in [0.15, 0.2) is 36.4 Å². The zero-order valence-electron chi connectivity index (χ0n) is 15.3. The van der Waals surface area contributed by atoms with Crippen LogP contribution in [0.25, 0.3) is 10.4 Å². The van der Waals surface area contributed by atoms with E-state index >= 15 is 0 Å². The minimum Gasteiger partial charge on any atom is -0.340 e. The largest absolute Gasteiger partial charge is 0.340 e. The zero-order valence-corrected chi connectivity index (χ0v) is 16.2. The molecule has 1 atom stereocenters. The number of rotatable bonds is 6. The fourth-order valence-corrected chi connectivity index (χ4v) is 4.29. The number of amides is 1. The van der Waals surface area contributed by atoms with E-state index in [0.29, 0.717) is 25.2 Å². The number of hydrogen-bond donors (Lipinski definition) is 1. The molecule has 0 saturated carbocycles. The number of carbonyl (C=O) groups excluding carboxylic acids is 1. The highest BCUT2D eigenvalue weighted by Gasteiger charge is 2.24. The first-order valence-corrected chi connectivity index (χ1v) is 9.85. The second-order valence-electron chi connectivity index (χ2n) is 6.78. The first kappa shape index (κ1) is 19.5. The van der Waals surface area contributed by atoms with Crippen LogP contribution in [-0.4, -0.2) is 53.4 Å². The Morgan fingerprint density at radius 3 is 2.59 bits per heavy atom. The van der Waals surface area contributed by atoms with Gasteiger partial charge in [-0.25, -0.2) is 0 Å². The number of para-hydroxylation sites is 1. The summed E-state index contributed by atoms with van der Waals surface area (Å²) in [6.45, 7) is 6.10. The summed E-state index contributed by atoms with van der Waals surface area (Å²) in [6, 6.07) is 10.8. The van der Waals surface area contributed by atoms with Gasteiger partial charge >= 0.3 is 0 Å². The van der Waals surface area contributed by atoms with Gasteiger partial charge in [0.05, 0.1) is 10.5 Å². The standard InChI is InChI=1S/C19H24N4O3S/c1-14(12-20)19(24)22-10-8-21(9-11-22)13-15-6-7-18(27-15)16-4-2-3-5-17(16)23(25)26/h2-7,14H,8-13,20H2,1H3. The maximum absolute atomic E-state index is 12.2. The number of nitrogens with two attached hydrogens (primary N) is 1. The normalized spacial score (nSPS) is 16.3. The highest BCUT2D eigenvalue weighted by atomic mass is 32.1. The summed E-state index contributed by atoms with van der Waals surface area (Å²) in [7, 11) is 0. The van der Waals surface area contributed by atoms with E-state index in [0.717, 1.165) is 24.5 Å². The Balaban J connectivity index is 1.61. The Kier molecular flexibility index (Phi) is 6.20. The average molecular weight is 388 g/mol. The van der Waals surface area contributed by atoms with Crippen LogP contribution in [0.4, 0.5) is 5.69 Å². The summed E-state index contributed by atoms with van der Waals surface area (Å²) in [6.07, 6.45) is 0. The number of benzene rings is 1. The molecule has 2 aromatic rings. The number of piperazine rings is 1. The number of carbonyl (C=O) groups is 1. The van der Waals surface area contributed by atoms with Crippen LogP contribution in [0.5, 0.6) is 0 Å². The molecule has 1 aromatic carbocycles. The molecule has 1 aromatic heterocycles. The van der Waals surface area contributed by atoms with Gasteiger partial charge in [0.15, 0.2) is 0 Å². The molecule has 8 heteroatoms. The molecule has 3 rings (SSSR count). The first-order valence-electron chi connectivity index (χ1n) is 9.03. The third-order valence-corrected chi connectivity index (χ3v) is 5.97. The van der Waals surface area contributed by atoms with E-state index in [1.54, 1.807) is 23.5 Å². The van der Waals surface area contributed by atoms with E-state index in [4.69, 9.17) is 5.73 Å². The maximum atomic E-state index is 12.2. The third-order valence-electron chi connectivity index (χ3n) is 4.87. The van der Waals surface area contributed by atoms with Crippen LogP contribution in [0.3, 0.4) is 0 Å². The minimum atomic E-state index is -0.340. The minimum absolute atomic E-state index is 0.127. The van der Waals surface area contributed by atoms with E-state index in [-0.39, 0.29) is 22.4 Å². The van der Waals surface area contributed by atoms with Crippen molar-refractivity contribution in [3.63, 3.8) is 0 Å². The van der Waals surface area contributed by atoms with Gasteiger partial charge < -0.3 is 10.6 Å². The van der Waals surface area contributed by atoms with Crippen LogP contribution in [-0.2, 0) is 11.3 Å². The van der Waals surface area contributed by atoms with Crippen LogP contribution in [0.2, 0.25) is 0 Å². The molecular formula is C19H24N4O3S. The average Bonchev–Trinajstić information content (AvgIpc) is 3.15. The molecule has 144 valence electrons. The summed E-state index contributed by atoms with van der Waals surface area (Å²) in [5.41, 5.74) is 6.38. The molecule has 0 bridgehead atoms. The number of hydrogen-bond acceptors (Lipinski definition) is 6. The Bertz CT molecular complexity index is 815. The molecule has 1 unspecified atom stereocenters. The topological polar surface area (TPSA) is 92.7 Å². The van der Waals surface area contributed by atoms with Gasteiger partial charge in [-0.2, -0.15) is 0 Å². The monoisotopic (exact) mass is 388 g/mol. The summed E-state index contributed by atoms with van der Waals surface area (Å²) >= 11 is 1.58. The molecule has 1 aliphatic rings. The third kappa shape index (κ3) is 4.52. The van der Waals surface area contributed by atoms with Gasteiger partial charge in [0.1, 0.15) is 0 Å². The van der Waals surface area contributed by atoms with Crippen molar-refractivity contribution in [1.82, 2.24) is 9.80 Å². The fourth-order valence-electron chi connectivity index (χ4n) is 3.21. The lowest BCUT2D eigenvalue weighted by Crippen LogP contribution is -2.50. The van der Waals surface area contributed by atoms with Gasteiger partial charge in [-0.15, -0.1) is 11.3 Å². The molecule has 1 saturated heterocycles. The number of nitrogens with zero attached hydrogens (tertiary/aromatic N) is 3. The smallest absolute Gasteiger partial charge is 0.278 e. The van der Waals surface area contributed by atoms with Crippen molar-refractivity contribution in [1.29, 1.82) is 0 Å². The van der Waals surface area contributed by atoms with Gasteiger partial charge in [-0.05, 0) is 18.2 Å². The molecule has 1 aliphatic heterocycles. The maximum Gasteiger partial charge on any atom is 0.278 e. The Hall–Kier alpha value is -2.29. The quantitative estimate of drug-likeness (QED) is 0.606. The van der Waals surface area contributed by atoms with Gasteiger partial charge in [0.25, 0.3) is 5.69 Å². The number of nitro benzene ring substituents is 1. The molecule has 27 heavy (non-hydrogen) atoms. The van der Waals surface area contributed by atoms with Crippen molar-refractivity contribution < 1.29 is 9.72 Å². The second-order valence-corrected chi connectivity index (χ2v) is 7.95. The van der Waals surface area contributed by atoms with Gasteiger partial charge in [-0.3, -0.25) is 19.8 Å². The zero-order chi connectivity index (χ0) is 19.4. The van der Waals surface area contributed by atoms with Crippen molar-refractivity contribution in [3.8, 4) is 10.4 Å². The number of nitro groups is 1. The molecule has 0 spiro atoms. The van der Waals surface area contributed by atoms with Gasteiger partial charge in [0, 0.05) is 61.0 Å². The van der Waals surface area contributed by atoms with Crippen LogP contribution in [0.1, 0.15) is 11.8 Å². The van der Waals surface area contributed by atoms with E-state index < -0.39 is 0 Å². The second kappa shape index (κ2) is 8.60. The highest BCUT2D eigenvalue weighted by molar-refractivity contribution is 7.15. The lowest BCUT2D eigenvalue weighted by molar-refractivity contribution is -0.384. The summed E-state index contributed by atoms with van der Waals surface area (Å²) in [4.78, 5) is 29.4. The van der Waals surface area contributed by atoms with Crippen molar-refractivity contribution in [2.24, 2.45) is 11.7 Å². The Labute approximate surface area is 162 Å². The van der Waals surface area contributed by atoms with Crippen LogP contribution >= 0.6 is 11.3 Å². The van der Waals surface area contributed by atoms with Crippen molar-refractivity contribution in [2.45, 2.75) is 13.5 Å². The first-order chi connectivity index (χ1) is 13.0. The predicted octanol–water partition coefficient (Wildman–Crippen LogP) is 2.56. The van der Waals surface area contributed by atoms with E-state index in [2.05, 4.69) is 4.90 Å². The summed E-state index contributed by atoms with van der Waals surface area (Å²) in [5.74, 6) is 0.00464. The molecule has 1 amide bonds. The van der Waals surface area contributed by atoms with E-state index in [9.17, 15) is 14.9 Å². The molecular weight excluding hydrogens is 364 g/mol. The van der Waals surface area contributed by atoms with Crippen LogP contribution < -0.4 is 5.73 Å². The predicted molar refractivity (Wildman–Crippen MR) is 106 cm³/mol. The Morgan fingerprint density at radius 2 is 1.93 bits per heavy atom. The molecule has 1 fully saturated rings. The van der Waals surface area contributed by atoms with Gasteiger partial charge in [0.2, 0.25) is 5.91 Å². The molecule has 7 nitrogen and oxygen atoms in total. The van der Waals surface area contributed by atoms with Crippen molar-refractivity contribution in [3.05, 3.63) is 51.4 Å². The van der Waals surface area contributed by atoms with E-state index in [1.807, 2.05) is 30.0 Å².